The average molecular weight is 531 g/mol. The SMILES string of the molecule is c1ccc(-c2nc(-c3ccccc3)nc(-c3ccc(-n4ccc5ccc6sc7ccccc7c6c54)cc3)n2)cc1. The summed E-state index contributed by atoms with van der Waals surface area (Å²) in [6, 6.07) is 44.0. The molecule has 0 atom stereocenters. The molecule has 4 nitrogen and oxygen atoms in total. The Labute approximate surface area is 234 Å². The van der Waals surface area contributed by atoms with E-state index < -0.39 is 0 Å². The zero-order valence-electron chi connectivity index (χ0n) is 21.4. The minimum atomic E-state index is 0.655. The third-order valence-electron chi connectivity index (χ3n) is 7.29. The van der Waals surface area contributed by atoms with E-state index in [1.54, 1.807) is 0 Å². The van der Waals surface area contributed by atoms with Crippen LogP contribution in [0.1, 0.15) is 0 Å². The third-order valence-corrected chi connectivity index (χ3v) is 8.43. The van der Waals surface area contributed by atoms with Crippen LogP contribution in [0.15, 0.2) is 134 Å². The van der Waals surface area contributed by atoms with Gasteiger partial charge in [0, 0.05) is 54.1 Å². The molecule has 0 amide bonds. The topological polar surface area (TPSA) is 43.6 Å². The Hall–Kier alpha value is -5.13. The molecule has 40 heavy (non-hydrogen) atoms. The van der Waals surface area contributed by atoms with E-state index in [2.05, 4.69) is 77.5 Å². The number of fused-ring (bicyclic) bond motifs is 5. The quantitative estimate of drug-likeness (QED) is 0.228. The highest BCUT2D eigenvalue weighted by Gasteiger charge is 2.15. The molecule has 8 rings (SSSR count). The van der Waals surface area contributed by atoms with Crippen molar-refractivity contribution in [2.45, 2.75) is 0 Å². The fourth-order valence-corrected chi connectivity index (χ4v) is 6.47. The molecular formula is C35H22N4S. The highest BCUT2D eigenvalue weighted by atomic mass is 32.1. The highest BCUT2D eigenvalue weighted by Crippen LogP contribution is 2.39. The second-order valence-electron chi connectivity index (χ2n) is 9.75. The van der Waals surface area contributed by atoms with Crippen LogP contribution < -0.4 is 0 Å². The van der Waals surface area contributed by atoms with Crippen molar-refractivity contribution in [1.82, 2.24) is 19.5 Å². The van der Waals surface area contributed by atoms with Gasteiger partial charge in [0.15, 0.2) is 17.5 Å². The summed E-state index contributed by atoms with van der Waals surface area (Å²) in [5, 5.41) is 3.85. The summed E-state index contributed by atoms with van der Waals surface area (Å²) in [6.07, 6.45) is 2.16. The standard InChI is InChI=1S/C35H22N4S/c1-3-9-24(10-4-1)33-36-34(25-11-5-2-6-12-25)38-35(37-33)26-15-18-27(19-16-26)39-22-21-23-17-20-30-31(32(23)39)28-13-7-8-14-29(28)40-30/h1-22H. The fourth-order valence-electron chi connectivity index (χ4n) is 5.36. The van der Waals surface area contributed by atoms with Gasteiger partial charge in [-0.05, 0) is 42.5 Å². The van der Waals surface area contributed by atoms with Crippen molar-refractivity contribution in [3.8, 4) is 39.9 Å². The van der Waals surface area contributed by atoms with Crippen molar-refractivity contribution in [3.05, 3.63) is 134 Å². The maximum Gasteiger partial charge on any atom is 0.164 e. The lowest BCUT2D eigenvalue weighted by Crippen LogP contribution is -2.00. The minimum absolute atomic E-state index is 0.655. The van der Waals surface area contributed by atoms with E-state index in [9.17, 15) is 0 Å². The van der Waals surface area contributed by atoms with E-state index >= 15 is 0 Å². The Balaban J connectivity index is 1.26. The molecule has 5 heteroatoms. The summed E-state index contributed by atoms with van der Waals surface area (Å²) in [6.45, 7) is 0. The van der Waals surface area contributed by atoms with Gasteiger partial charge < -0.3 is 4.57 Å². The lowest BCUT2D eigenvalue weighted by atomic mass is 10.1. The molecule has 0 bridgehead atoms. The maximum atomic E-state index is 4.88. The lowest BCUT2D eigenvalue weighted by Gasteiger charge is -2.10. The average Bonchev–Trinajstić information content (AvgIpc) is 3.63. The normalized spacial score (nSPS) is 11.5. The molecule has 0 saturated carbocycles. The van der Waals surface area contributed by atoms with Crippen molar-refractivity contribution in [2.24, 2.45) is 0 Å². The smallest absolute Gasteiger partial charge is 0.164 e. The van der Waals surface area contributed by atoms with E-state index in [0.717, 1.165) is 22.4 Å². The summed E-state index contributed by atoms with van der Waals surface area (Å²) in [5.41, 5.74) is 5.21. The molecular weight excluding hydrogens is 508 g/mol. The summed E-state index contributed by atoms with van der Waals surface area (Å²) in [4.78, 5) is 14.6. The Morgan fingerprint density at radius 3 is 1.70 bits per heavy atom. The predicted molar refractivity (Wildman–Crippen MR) is 166 cm³/mol. The molecule has 0 spiro atoms. The van der Waals surface area contributed by atoms with Gasteiger partial charge in [-0.1, -0.05) is 84.9 Å². The second kappa shape index (κ2) is 9.26. The fraction of sp³-hybridized carbons (Fsp3) is 0. The third kappa shape index (κ3) is 3.79. The highest BCUT2D eigenvalue weighted by molar-refractivity contribution is 7.26. The van der Waals surface area contributed by atoms with Crippen LogP contribution in [0.3, 0.4) is 0 Å². The maximum absolute atomic E-state index is 4.88. The van der Waals surface area contributed by atoms with E-state index in [4.69, 9.17) is 15.0 Å². The summed E-state index contributed by atoms with van der Waals surface area (Å²) in [7, 11) is 0. The Morgan fingerprint density at radius 1 is 0.475 bits per heavy atom. The van der Waals surface area contributed by atoms with Gasteiger partial charge in [0.1, 0.15) is 0 Å². The van der Waals surface area contributed by atoms with E-state index in [0.29, 0.717) is 17.5 Å². The largest absolute Gasteiger partial charge is 0.316 e. The molecule has 0 N–H and O–H groups in total. The van der Waals surface area contributed by atoms with Crippen LogP contribution in [0, 0.1) is 0 Å². The van der Waals surface area contributed by atoms with Gasteiger partial charge in [-0.3, -0.25) is 0 Å². The lowest BCUT2D eigenvalue weighted by molar-refractivity contribution is 1.07. The van der Waals surface area contributed by atoms with Crippen LogP contribution in [0.2, 0.25) is 0 Å². The number of nitrogens with zero attached hydrogens (tertiary/aromatic N) is 4. The van der Waals surface area contributed by atoms with E-state index in [1.165, 1.54) is 31.1 Å². The summed E-state index contributed by atoms with van der Waals surface area (Å²) in [5.74, 6) is 1.98. The first-order valence-electron chi connectivity index (χ1n) is 13.2. The first-order valence-corrected chi connectivity index (χ1v) is 14.0. The van der Waals surface area contributed by atoms with Crippen molar-refractivity contribution in [1.29, 1.82) is 0 Å². The number of rotatable bonds is 4. The molecule has 188 valence electrons. The first kappa shape index (κ1) is 22.8. The molecule has 8 aromatic rings. The van der Waals surface area contributed by atoms with Crippen molar-refractivity contribution >= 4 is 42.4 Å². The zero-order chi connectivity index (χ0) is 26.5. The van der Waals surface area contributed by atoms with Gasteiger partial charge in [0.2, 0.25) is 0 Å². The van der Waals surface area contributed by atoms with Crippen LogP contribution in [0.5, 0.6) is 0 Å². The van der Waals surface area contributed by atoms with E-state index in [1.807, 2.05) is 72.0 Å². The Bertz CT molecular complexity index is 2090. The Morgan fingerprint density at radius 2 is 1.05 bits per heavy atom. The van der Waals surface area contributed by atoms with Crippen LogP contribution in [-0.4, -0.2) is 19.5 Å². The molecule has 0 aliphatic heterocycles. The predicted octanol–water partition coefficient (Wildman–Crippen LogP) is 9.18. The second-order valence-corrected chi connectivity index (χ2v) is 10.8. The monoisotopic (exact) mass is 530 g/mol. The molecule has 0 fully saturated rings. The number of hydrogen-bond donors (Lipinski definition) is 0. The van der Waals surface area contributed by atoms with Crippen LogP contribution in [0.4, 0.5) is 0 Å². The molecule has 0 aliphatic rings. The molecule has 5 aromatic carbocycles. The first-order chi connectivity index (χ1) is 19.8. The Kier molecular flexibility index (Phi) is 5.28. The number of thiophene rings is 1. The molecule has 3 aromatic heterocycles. The number of benzene rings is 5. The minimum Gasteiger partial charge on any atom is -0.316 e. The van der Waals surface area contributed by atoms with Gasteiger partial charge >= 0.3 is 0 Å². The van der Waals surface area contributed by atoms with Gasteiger partial charge in [0.05, 0.1) is 5.52 Å². The van der Waals surface area contributed by atoms with E-state index in [-0.39, 0.29) is 0 Å². The van der Waals surface area contributed by atoms with Gasteiger partial charge in [-0.15, -0.1) is 11.3 Å². The molecule has 0 aliphatic carbocycles. The number of aromatic nitrogens is 4. The van der Waals surface area contributed by atoms with Gasteiger partial charge in [-0.2, -0.15) is 0 Å². The van der Waals surface area contributed by atoms with Crippen LogP contribution in [-0.2, 0) is 0 Å². The molecule has 3 heterocycles. The van der Waals surface area contributed by atoms with Crippen LogP contribution in [0.25, 0.3) is 70.9 Å². The zero-order valence-corrected chi connectivity index (χ0v) is 22.2. The molecule has 0 unspecified atom stereocenters. The van der Waals surface area contributed by atoms with Crippen molar-refractivity contribution in [2.75, 3.05) is 0 Å². The summed E-state index contributed by atoms with van der Waals surface area (Å²) < 4.78 is 4.91. The summed E-state index contributed by atoms with van der Waals surface area (Å²) >= 11 is 1.85. The van der Waals surface area contributed by atoms with Crippen molar-refractivity contribution in [3.63, 3.8) is 0 Å². The van der Waals surface area contributed by atoms with Crippen LogP contribution >= 0.6 is 11.3 Å². The van der Waals surface area contributed by atoms with Gasteiger partial charge in [0.25, 0.3) is 0 Å². The number of hydrogen-bond acceptors (Lipinski definition) is 4. The van der Waals surface area contributed by atoms with Crippen molar-refractivity contribution < 1.29 is 0 Å². The van der Waals surface area contributed by atoms with Gasteiger partial charge in [-0.25, -0.2) is 15.0 Å². The molecule has 0 saturated heterocycles. The molecule has 0 radical (unpaired) electrons.